The Bertz CT molecular complexity index is 538. The third kappa shape index (κ3) is 2.42. The highest BCUT2D eigenvalue weighted by Gasteiger charge is 2.38. The molecule has 0 unspecified atom stereocenters. The standard InChI is InChI=1S/C11H13N3O5/c1-6-4-13(5-7(6)11(16)17)10(15)8-2-3-9(12-8)14(18)19/h2-3,6-7,12H,4-5H2,1H3,(H,16,17)/t6-,7-/m1/s1. The molecule has 1 aliphatic heterocycles. The molecule has 2 heterocycles. The van der Waals surface area contributed by atoms with Crippen LogP contribution in [0.5, 0.6) is 0 Å². The van der Waals surface area contributed by atoms with Gasteiger partial charge in [-0.15, -0.1) is 0 Å². The minimum Gasteiger partial charge on any atom is -0.481 e. The number of nitrogens with one attached hydrogen (secondary N) is 1. The van der Waals surface area contributed by atoms with E-state index in [0.717, 1.165) is 0 Å². The Morgan fingerprint density at radius 2 is 2.16 bits per heavy atom. The monoisotopic (exact) mass is 267 g/mol. The first-order valence-electron chi connectivity index (χ1n) is 5.75. The highest BCUT2D eigenvalue weighted by molar-refractivity contribution is 5.93. The van der Waals surface area contributed by atoms with Gasteiger partial charge >= 0.3 is 11.8 Å². The van der Waals surface area contributed by atoms with E-state index in [1.807, 2.05) is 0 Å². The molecule has 1 saturated heterocycles. The Hall–Kier alpha value is -2.38. The number of carboxylic acid groups (broad SMARTS) is 1. The highest BCUT2D eigenvalue weighted by Crippen LogP contribution is 2.25. The minimum atomic E-state index is -0.930. The number of aliphatic carboxylic acids is 1. The van der Waals surface area contributed by atoms with Gasteiger partial charge < -0.3 is 20.1 Å². The summed E-state index contributed by atoms with van der Waals surface area (Å²) in [7, 11) is 0. The van der Waals surface area contributed by atoms with E-state index in [-0.39, 0.29) is 24.0 Å². The number of H-pyrrole nitrogens is 1. The summed E-state index contributed by atoms with van der Waals surface area (Å²) in [5.41, 5.74) is 0.102. The summed E-state index contributed by atoms with van der Waals surface area (Å²) in [5.74, 6) is -2.32. The van der Waals surface area contributed by atoms with E-state index < -0.39 is 22.7 Å². The van der Waals surface area contributed by atoms with Gasteiger partial charge in [0.15, 0.2) is 5.69 Å². The number of rotatable bonds is 3. The molecule has 0 aromatic carbocycles. The molecule has 19 heavy (non-hydrogen) atoms. The molecule has 0 bridgehead atoms. The van der Waals surface area contributed by atoms with Gasteiger partial charge in [-0.25, -0.2) is 4.98 Å². The third-order valence-corrected chi connectivity index (χ3v) is 3.31. The van der Waals surface area contributed by atoms with Crippen molar-refractivity contribution >= 4 is 17.7 Å². The van der Waals surface area contributed by atoms with Crippen LogP contribution in [0.3, 0.4) is 0 Å². The first kappa shape index (κ1) is 13.1. The van der Waals surface area contributed by atoms with Crippen LogP contribution in [-0.2, 0) is 4.79 Å². The van der Waals surface area contributed by atoms with Crippen molar-refractivity contribution in [2.75, 3.05) is 13.1 Å². The van der Waals surface area contributed by atoms with Crippen molar-refractivity contribution < 1.29 is 19.6 Å². The predicted molar refractivity (Wildman–Crippen MR) is 63.6 cm³/mol. The lowest BCUT2D eigenvalue weighted by Gasteiger charge is -2.13. The van der Waals surface area contributed by atoms with E-state index in [2.05, 4.69) is 4.98 Å². The van der Waals surface area contributed by atoms with E-state index in [0.29, 0.717) is 6.54 Å². The zero-order chi connectivity index (χ0) is 14.2. The summed E-state index contributed by atoms with van der Waals surface area (Å²) < 4.78 is 0. The van der Waals surface area contributed by atoms with E-state index in [1.54, 1.807) is 6.92 Å². The minimum absolute atomic E-state index is 0.102. The zero-order valence-corrected chi connectivity index (χ0v) is 10.2. The average molecular weight is 267 g/mol. The van der Waals surface area contributed by atoms with Crippen molar-refractivity contribution in [3.63, 3.8) is 0 Å². The predicted octanol–water partition coefficient (Wildman–Crippen LogP) is 0.716. The molecule has 102 valence electrons. The molecule has 2 N–H and O–H groups in total. The molecule has 0 aliphatic carbocycles. The van der Waals surface area contributed by atoms with Gasteiger partial charge in [-0.3, -0.25) is 9.59 Å². The molecule has 1 aromatic heterocycles. The number of carbonyl (C=O) groups is 2. The SMILES string of the molecule is C[C@@H]1CN(C(=O)c2ccc([N+](=O)[O-])[nH]2)C[C@H]1C(=O)O. The number of carbonyl (C=O) groups excluding carboxylic acids is 1. The van der Waals surface area contributed by atoms with Crippen molar-refractivity contribution in [3.8, 4) is 0 Å². The van der Waals surface area contributed by atoms with Crippen LogP contribution in [0.1, 0.15) is 17.4 Å². The first-order valence-corrected chi connectivity index (χ1v) is 5.75. The fourth-order valence-corrected chi connectivity index (χ4v) is 2.24. The Kier molecular flexibility index (Phi) is 3.24. The van der Waals surface area contributed by atoms with Crippen LogP contribution >= 0.6 is 0 Å². The number of nitro groups is 1. The second-order valence-electron chi connectivity index (χ2n) is 4.65. The number of hydrogen-bond acceptors (Lipinski definition) is 4. The second-order valence-corrected chi connectivity index (χ2v) is 4.65. The van der Waals surface area contributed by atoms with Gasteiger partial charge in [0, 0.05) is 19.2 Å². The number of hydrogen-bond donors (Lipinski definition) is 2. The Balaban J connectivity index is 2.12. The van der Waals surface area contributed by atoms with Crippen LogP contribution in [0, 0.1) is 22.0 Å². The van der Waals surface area contributed by atoms with Crippen molar-refractivity contribution in [1.82, 2.24) is 9.88 Å². The summed E-state index contributed by atoms with van der Waals surface area (Å²) in [6.07, 6.45) is 0. The molecule has 0 saturated carbocycles. The lowest BCUT2D eigenvalue weighted by Crippen LogP contribution is -2.30. The summed E-state index contributed by atoms with van der Waals surface area (Å²) in [5, 5.41) is 19.5. The largest absolute Gasteiger partial charge is 0.481 e. The van der Waals surface area contributed by atoms with Gasteiger partial charge in [0.2, 0.25) is 0 Å². The van der Waals surface area contributed by atoms with Crippen LogP contribution in [0.15, 0.2) is 12.1 Å². The molecule has 1 fully saturated rings. The van der Waals surface area contributed by atoms with Gasteiger partial charge in [0.05, 0.1) is 5.92 Å². The third-order valence-electron chi connectivity index (χ3n) is 3.31. The maximum absolute atomic E-state index is 12.1. The lowest BCUT2D eigenvalue weighted by atomic mass is 9.99. The fraction of sp³-hybridized carbons (Fsp3) is 0.455. The lowest BCUT2D eigenvalue weighted by molar-refractivity contribution is -0.389. The van der Waals surface area contributed by atoms with Gasteiger partial charge in [-0.2, -0.15) is 0 Å². The van der Waals surface area contributed by atoms with Gasteiger partial charge in [0.25, 0.3) is 5.91 Å². The molecular weight excluding hydrogens is 254 g/mol. The fourth-order valence-electron chi connectivity index (χ4n) is 2.24. The number of aromatic nitrogens is 1. The smallest absolute Gasteiger partial charge is 0.321 e. The zero-order valence-electron chi connectivity index (χ0n) is 10.2. The molecular formula is C11H13N3O5. The molecule has 1 aliphatic rings. The molecule has 0 spiro atoms. The maximum Gasteiger partial charge on any atom is 0.321 e. The van der Waals surface area contributed by atoms with Gasteiger partial charge in [-0.05, 0) is 16.9 Å². The Labute approximate surface area is 108 Å². The number of aromatic amines is 1. The first-order chi connectivity index (χ1) is 8.90. The quantitative estimate of drug-likeness (QED) is 0.618. The summed E-state index contributed by atoms with van der Waals surface area (Å²) >= 11 is 0. The van der Waals surface area contributed by atoms with E-state index in [4.69, 9.17) is 5.11 Å². The van der Waals surface area contributed by atoms with Crippen molar-refractivity contribution in [2.45, 2.75) is 6.92 Å². The van der Waals surface area contributed by atoms with Crippen LogP contribution < -0.4 is 0 Å². The highest BCUT2D eigenvalue weighted by atomic mass is 16.6. The van der Waals surface area contributed by atoms with Crippen LogP contribution in [0.2, 0.25) is 0 Å². The van der Waals surface area contributed by atoms with E-state index in [9.17, 15) is 19.7 Å². The number of carboxylic acids is 1. The molecule has 8 heteroatoms. The van der Waals surface area contributed by atoms with E-state index in [1.165, 1.54) is 17.0 Å². The topological polar surface area (TPSA) is 117 Å². The van der Waals surface area contributed by atoms with Crippen LogP contribution in [0.4, 0.5) is 5.82 Å². The maximum atomic E-state index is 12.1. The normalized spacial score (nSPS) is 22.5. The van der Waals surface area contributed by atoms with Crippen molar-refractivity contribution in [3.05, 3.63) is 27.9 Å². The Morgan fingerprint density at radius 1 is 1.47 bits per heavy atom. The van der Waals surface area contributed by atoms with Crippen LogP contribution in [-0.4, -0.2) is 44.9 Å². The van der Waals surface area contributed by atoms with Gasteiger partial charge in [0.1, 0.15) is 0 Å². The van der Waals surface area contributed by atoms with E-state index >= 15 is 0 Å². The van der Waals surface area contributed by atoms with Crippen molar-refractivity contribution in [2.24, 2.45) is 11.8 Å². The van der Waals surface area contributed by atoms with Gasteiger partial charge in [-0.1, -0.05) is 6.92 Å². The molecule has 2 atom stereocenters. The molecule has 0 radical (unpaired) electrons. The molecule has 2 rings (SSSR count). The number of amides is 1. The van der Waals surface area contributed by atoms with Crippen molar-refractivity contribution in [1.29, 1.82) is 0 Å². The van der Waals surface area contributed by atoms with Crippen LogP contribution in [0.25, 0.3) is 0 Å². The summed E-state index contributed by atoms with van der Waals surface area (Å²) in [6, 6.07) is 2.54. The average Bonchev–Trinajstić information content (AvgIpc) is 2.94. The summed E-state index contributed by atoms with van der Waals surface area (Å²) in [4.78, 5) is 36.8. The Morgan fingerprint density at radius 3 is 2.63 bits per heavy atom. The molecule has 1 amide bonds. The number of nitrogens with zero attached hydrogens (tertiary/aromatic N) is 2. The second kappa shape index (κ2) is 4.71. The molecule has 8 nitrogen and oxygen atoms in total. The number of likely N-dealkylation sites (tertiary alicyclic amines) is 1. The molecule has 1 aromatic rings. The summed E-state index contributed by atoms with van der Waals surface area (Å²) in [6.45, 7) is 2.23.